The predicted octanol–water partition coefficient (Wildman–Crippen LogP) is 9.88. The van der Waals surface area contributed by atoms with E-state index in [0.29, 0.717) is 17.0 Å². The lowest BCUT2D eigenvalue weighted by Crippen LogP contribution is -2.30. The summed E-state index contributed by atoms with van der Waals surface area (Å²) in [6.45, 7) is 0. The Morgan fingerprint density at radius 1 is 0.438 bits per heavy atom. The summed E-state index contributed by atoms with van der Waals surface area (Å²) < 4.78 is 0. The summed E-state index contributed by atoms with van der Waals surface area (Å²) in [7, 11) is 0. The molecule has 48 heavy (non-hydrogen) atoms. The van der Waals surface area contributed by atoms with E-state index in [9.17, 15) is 10.5 Å². The zero-order chi connectivity index (χ0) is 32.2. The molecule has 10 rings (SSSR count). The van der Waals surface area contributed by atoms with Gasteiger partial charge in [-0.2, -0.15) is 10.5 Å². The summed E-state index contributed by atoms with van der Waals surface area (Å²) in [5.41, 5.74) is 14.4. The largest absolute Gasteiger partial charge is 0.232 e. The number of benzene rings is 6. The number of nitriles is 2. The first-order valence-electron chi connectivity index (χ1n) is 16.0. The molecule has 0 saturated carbocycles. The average molecular weight is 611 g/mol. The van der Waals surface area contributed by atoms with Gasteiger partial charge >= 0.3 is 0 Å². The van der Waals surface area contributed by atoms with Crippen molar-refractivity contribution in [3.63, 3.8) is 0 Å². The number of rotatable bonds is 4. The van der Waals surface area contributed by atoms with Crippen LogP contribution >= 0.6 is 0 Å². The SMILES string of the molecule is N#Cc1cc2c(cc1-c1ccccc1)C1c3cc(-c4ccccc4)c(C#N)cc3C2c2nc(-c3ccccc3)nc(-c3ccccc3)c21. The zero-order valence-corrected chi connectivity index (χ0v) is 25.8. The van der Waals surface area contributed by atoms with Crippen LogP contribution in [0.3, 0.4) is 0 Å². The van der Waals surface area contributed by atoms with Gasteiger partial charge in [0.15, 0.2) is 5.82 Å². The van der Waals surface area contributed by atoms with Gasteiger partial charge in [-0.15, -0.1) is 0 Å². The average Bonchev–Trinajstić information content (AvgIpc) is 3.17. The van der Waals surface area contributed by atoms with Crippen molar-refractivity contribution >= 4 is 0 Å². The summed E-state index contributed by atoms with van der Waals surface area (Å²) in [5.74, 6) is 0.170. The van der Waals surface area contributed by atoms with E-state index in [1.54, 1.807) is 0 Å². The first-order chi connectivity index (χ1) is 23.7. The molecule has 1 heterocycles. The summed E-state index contributed by atoms with van der Waals surface area (Å²) in [4.78, 5) is 10.6. The lowest BCUT2D eigenvalue weighted by atomic mass is 9.60. The van der Waals surface area contributed by atoms with Crippen LogP contribution in [0.1, 0.15) is 56.5 Å². The fourth-order valence-corrected chi connectivity index (χ4v) is 7.63. The van der Waals surface area contributed by atoms with Crippen LogP contribution in [0.15, 0.2) is 146 Å². The molecular weight excluding hydrogens is 585 g/mol. The van der Waals surface area contributed by atoms with Crippen molar-refractivity contribution in [2.75, 3.05) is 0 Å². The Morgan fingerprint density at radius 3 is 1.31 bits per heavy atom. The smallest absolute Gasteiger partial charge is 0.160 e. The zero-order valence-electron chi connectivity index (χ0n) is 25.8. The van der Waals surface area contributed by atoms with Crippen molar-refractivity contribution < 1.29 is 0 Å². The molecule has 4 heteroatoms. The molecule has 0 amide bonds. The summed E-state index contributed by atoms with van der Waals surface area (Å²) >= 11 is 0. The highest BCUT2D eigenvalue weighted by Gasteiger charge is 2.46. The van der Waals surface area contributed by atoms with Gasteiger partial charge in [0.2, 0.25) is 0 Å². The molecule has 0 aliphatic heterocycles. The van der Waals surface area contributed by atoms with Crippen LogP contribution in [0, 0.1) is 22.7 Å². The van der Waals surface area contributed by atoms with Crippen molar-refractivity contribution in [3.05, 3.63) is 190 Å². The van der Waals surface area contributed by atoms with Gasteiger partial charge in [0.1, 0.15) is 0 Å². The molecule has 0 saturated heterocycles. The highest BCUT2D eigenvalue weighted by Crippen LogP contribution is 2.59. The Morgan fingerprint density at radius 2 is 0.854 bits per heavy atom. The van der Waals surface area contributed by atoms with Crippen LogP contribution in [0.4, 0.5) is 0 Å². The molecule has 6 aromatic carbocycles. The Kier molecular flexibility index (Phi) is 6.35. The second-order valence-corrected chi connectivity index (χ2v) is 12.3. The second-order valence-electron chi connectivity index (χ2n) is 12.3. The van der Waals surface area contributed by atoms with Crippen LogP contribution in [0.25, 0.3) is 44.9 Å². The summed E-state index contributed by atoms with van der Waals surface area (Å²) in [6.07, 6.45) is 0. The molecular formula is C44H26N4. The topological polar surface area (TPSA) is 73.4 Å². The predicted molar refractivity (Wildman–Crippen MR) is 188 cm³/mol. The van der Waals surface area contributed by atoms with Crippen molar-refractivity contribution in [1.29, 1.82) is 10.5 Å². The minimum atomic E-state index is -0.281. The molecule has 3 aliphatic carbocycles. The van der Waals surface area contributed by atoms with Gasteiger partial charge in [-0.25, -0.2) is 9.97 Å². The fourth-order valence-electron chi connectivity index (χ4n) is 7.63. The Hall–Kier alpha value is -6.62. The third-order valence-corrected chi connectivity index (χ3v) is 9.72. The van der Waals surface area contributed by atoms with Gasteiger partial charge in [-0.3, -0.25) is 0 Å². The van der Waals surface area contributed by atoms with E-state index in [-0.39, 0.29) is 11.8 Å². The molecule has 1 aromatic heterocycles. The van der Waals surface area contributed by atoms with Crippen molar-refractivity contribution in [3.8, 4) is 57.0 Å². The van der Waals surface area contributed by atoms with E-state index >= 15 is 0 Å². The number of hydrogen-bond acceptors (Lipinski definition) is 4. The van der Waals surface area contributed by atoms with Crippen molar-refractivity contribution in [2.45, 2.75) is 11.8 Å². The summed E-state index contributed by atoms with van der Waals surface area (Å²) in [5, 5.41) is 20.9. The molecule has 222 valence electrons. The quantitative estimate of drug-likeness (QED) is 0.199. The Labute approximate surface area is 278 Å². The van der Waals surface area contributed by atoms with E-state index < -0.39 is 0 Å². The third kappa shape index (κ3) is 4.21. The molecule has 4 nitrogen and oxygen atoms in total. The van der Waals surface area contributed by atoms with Gasteiger partial charge in [0, 0.05) is 22.6 Å². The minimum Gasteiger partial charge on any atom is -0.232 e. The number of aromatic nitrogens is 2. The molecule has 3 aliphatic rings. The van der Waals surface area contributed by atoms with Gasteiger partial charge < -0.3 is 0 Å². The van der Waals surface area contributed by atoms with Gasteiger partial charge in [0.05, 0.1) is 40.6 Å². The lowest BCUT2D eigenvalue weighted by molar-refractivity contribution is 0.722. The van der Waals surface area contributed by atoms with Crippen LogP contribution in [0.2, 0.25) is 0 Å². The van der Waals surface area contributed by atoms with Crippen LogP contribution in [0.5, 0.6) is 0 Å². The number of nitrogens with zero attached hydrogens (tertiary/aromatic N) is 4. The first kappa shape index (κ1) is 27.7. The highest BCUT2D eigenvalue weighted by molar-refractivity contribution is 5.83. The molecule has 0 spiro atoms. The Bertz CT molecular complexity index is 2350. The molecule has 7 aromatic rings. The summed E-state index contributed by atoms with van der Waals surface area (Å²) in [6, 6.07) is 54.2. The van der Waals surface area contributed by atoms with E-state index in [1.165, 1.54) is 0 Å². The van der Waals surface area contributed by atoms with Crippen LogP contribution in [-0.4, -0.2) is 9.97 Å². The maximum Gasteiger partial charge on any atom is 0.160 e. The minimum absolute atomic E-state index is 0.208. The van der Waals surface area contributed by atoms with Crippen LogP contribution < -0.4 is 0 Å². The monoisotopic (exact) mass is 610 g/mol. The highest BCUT2D eigenvalue weighted by atomic mass is 14.9. The molecule has 0 N–H and O–H groups in total. The maximum atomic E-state index is 10.5. The standard InChI is InChI=1S/C44H26N4/c45-25-31-21-35-37(23-33(31)27-13-5-1-6-14-27)39-38-24-34(28-15-7-2-8-16-28)32(26-46)22-36(38)40(35)43-41(39)42(29-17-9-3-10-18-29)47-44(48-43)30-19-11-4-12-20-30/h1-24,39-40H. The van der Waals surface area contributed by atoms with E-state index in [4.69, 9.17) is 9.97 Å². The maximum absolute atomic E-state index is 10.5. The van der Waals surface area contributed by atoms with E-state index in [2.05, 4.69) is 84.9 Å². The van der Waals surface area contributed by atoms with Crippen LogP contribution in [-0.2, 0) is 0 Å². The van der Waals surface area contributed by atoms with Gasteiger partial charge in [0.25, 0.3) is 0 Å². The molecule has 0 radical (unpaired) electrons. The fraction of sp³-hybridized carbons (Fsp3) is 0.0455. The molecule has 0 fully saturated rings. The van der Waals surface area contributed by atoms with Gasteiger partial charge in [-0.05, 0) is 68.8 Å². The van der Waals surface area contributed by atoms with E-state index in [1.807, 2.05) is 72.8 Å². The lowest BCUT2D eigenvalue weighted by Gasteiger charge is -2.43. The van der Waals surface area contributed by atoms with Crippen molar-refractivity contribution in [2.24, 2.45) is 0 Å². The third-order valence-electron chi connectivity index (χ3n) is 9.72. The number of hydrogen-bond donors (Lipinski definition) is 0. The van der Waals surface area contributed by atoms with E-state index in [0.717, 1.165) is 72.6 Å². The molecule has 0 atom stereocenters. The van der Waals surface area contributed by atoms with Crippen molar-refractivity contribution in [1.82, 2.24) is 9.97 Å². The molecule has 0 unspecified atom stereocenters. The second kappa shape index (κ2) is 11.0. The normalized spacial score (nSPS) is 15.0. The first-order valence-corrected chi connectivity index (χ1v) is 16.0. The van der Waals surface area contributed by atoms with Gasteiger partial charge in [-0.1, -0.05) is 121 Å². The molecule has 2 bridgehead atoms. The Balaban J connectivity index is 1.39.